The van der Waals surface area contributed by atoms with Gasteiger partial charge in [-0.15, -0.1) is 0 Å². The maximum atomic E-state index is 11.2. The summed E-state index contributed by atoms with van der Waals surface area (Å²) in [6, 6.07) is 3.00. The van der Waals surface area contributed by atoms with Crippen molar-refractivity contribution in [1.29, 1.82) is 0 Å². The predicted octanol–water partition coefficient (Wildman–Crippen LogP) is -0.806. The molecule has 2 rings (SSSR count). The summed E-state index contributed by atoms with van der Waals surface area (Å²) in [6.07, 6.45) is 0. The van der Waals surface area contributed by atoms with Crippen LogP contribution in [0.15, 0.2) is 21.7 Å². The second-order valence-corrected chi connectivity index (χ2v) is 2.54. The first-order valence-electron chi connectivity index (χ1n) is 3.55. The molecule has 0 atom stereocenters. The smallest absolute Gasteiger partial charge is 0.327 e. The molecule has 4 N–H and O–H groups in total. The summed E-state index contributed by atoms with van der Waals surface area (Å²) in [6.45, 7) is 0. The second kappa shape index (κ2) is 2.44. The zero-order valence-electron chi connectivity index (χ0n) is 6.50. The van der Waals surface area contributed by atoms with Crippen molar-refractivity contribution in [3.05, 3.63) is 33.0 Å². The van der Waals surface area contributed by atoms with E-state index in [1.165, 1.54) is 12.1 Å². The summed E-state index contributed by atoms with van der Waals surface area (Å²) in [7, 11) is 0. The molecule has 0 saturated heterocycles. The van der Waals surface area contributed by atoms with Crippen LogP contribution in [0.4, 0.5) is 5.82 Å². The molecule has 0 radical (unpaired) electrons. The molecule has 6 nitrogen and oxygen atoms in total. The summed E-state index contributed by atoms with van der Waals surface area (Å²) < 4.78 is 0. The van der Waals surface area contributed by atoms with Gasteiger partial charge in [-0.3, -0.25) is 14.8 Å². The van der Waals surface area contributed by atoms with Crippen LogP contribution < -0.4 is 17.0 Å². The van der Waals surface area contributed by atoms with Gasteiger partial charge < -0.3 is 5.73 Å². The second-order valence-electron chi connectivity index (χ2n) is 2.54. The van der Waals surface area contributed by atoms with Crippen molar-refractivity contribution in [3.63, 3.8) is 0 Å². The monoisotopic (exact) mass is 178 g/mol. The molecule has 0 bridgehead atoms. The molecule has 0 spiro atoms. The number of pyridine rings is 1. The number of nitrogen functional groups attached to an aromatic ring is 1. The standard InChI is InChI=1S/C7H6N4O2/c8-4-2-1-3-5(9-4)10-7(13)11-6(3)12/h1-2H,(H4,8,9,10,11,12,13). The Hall–Kier alpha value is -2.11. The van der Waals surface area contributed by atoms with Crippen molar-refractivity contribution < 1.29 is 0 Å². The number of rotatable bonds is 0. The summed E-state index contributed by atoms with van der Waals surface area (Å²) in [4.78, 5) is 30.2. The van der Waals surface area contributed by atoms with Crippen molar-refractivity contribution in [2.75, 3.05) is 5.73 Å². The largest absolute Gasteiger partial charge is 0.384 e. The zero-order valence-corrected chi connectivity index (χ0v) is 6.50. The molecule has 6 heteroatoms. The number of hydrogen-bond donors (Lipinski definition) is 3. The number of aromatic nitrogens is 3. The first kappa shape index (κ1) is 7.53. The molecule has 2 aromatic heterocycles. The number of H-pyrrole nitrogens is 2. The van der Waals surface area contributed by atoms with Crippen LogP contribution in [-0.2, 0) is 0 Å². The van der Waals surface area contributed by atoms with Gasteiger partial charge in [-0.05, 0) is 12.1 Å². The maximum Gasteiger partial charge on any atom is 0.327 e. The zero-order chi connectivity index (χ0) is 9.42. The Morgan fingerprint density at radius 3 is 2.77 bits per heavy atom. The van der Waals surface area contributed by atoms with Crippen molar-refractivity contribution in [2.45, 2.75) is 0 Å². The number of fused-ring (bicyclic) bond motifs is 1. The Morgan fingerprint density at radius 2 is 2.00 bits per heavy atom. The first-order chi connectivity index (χ1) is 6.16. The van der Waals surface area contributed by atoms with Gasteiger partial charge in [0.1, 0.15) is 11.5 Å². The van der Waals surface area contributed by atoms with Gasteiger partial charge in [0, 0.05) is 0 Å². The third-order valence-electron chi connectivity index (χ3n) is 1.62. The van der Waals surface area contributed by atoms with Gasteiger partial charge in [0.25, 0.3) is 5.56 Å². The number of hydrogen-bond acceptors (Lipinski definition) is 4. The minimum atomic E-state index is -0.587. The molecule has 0 aliphatic carbocycles. The number of aromatic amines is 2. The normalized spacial score (nSPS) is 10.5. The summed E-state index contributed by atoms with van der Waals surface area (Å²) in [5.41, 5.74) is 4.53. The van der Waals surface area contributed by atoms with Crippen LogP contribution in [0, 0.1) is 0 Å². The van der Waals surface area contributed by atoms with Gasteiger partial charge in [-0.1, -0.05) is 0 Å². The van der Waals surface area contributed by atoms with E-state index in [1.807, 2.05) is 0 Å². The van der Waals surface area contributed by atoms with Crippen LogP contribution in [0.5, 0.6) is 0 Å². The number of nitrogens with one attached hydrogen (secondary N) is 2. The highest BCUT2D eigenvalue weighted by Gasteiger charge is 2.00. The lowest BCUT2D eigenvalue weighted by Gasteiger charge is -1.95. The Labute approximate surface area is 71.4 Å². The average molecular weight is 178 g/mol. The summed E-state index contributed by atoms with van der Waals surface area (Å²) >= 11 is 0. The molecule has 2 aromatic rings. The summed E-state index contributed by atoms with van der Waals surface area (Å²) in [5.74, 6) is 0.258. The SMILES string of the molecule is Nc1ccc2c(=O)[nH]c(=O)[nH]c2n1. The van der Waals surface area contributed by atoms with Crippen LogP contribution in [0.3, 0.4) is 0 Å². The first-order valence-corrected chi connectivity index (χ1v) is 3.55. The van der Waals surface area contributed by atoms with E-state index in [0.717, 1.165) is 0 Å². The third kappa shape index (κ3) is 1.18. The lowest BCUT2D eigenvalue weighted by atomic mass is 10.3. The van der Waals surface area contributed by atoms with Crippen LogP contribution in [0.1, 0.15) is 0 Å². The van der Waals surface area contributed by atoms with Gasteiger partial charge in [0.2, 0.25) is 0 Å². The molecule has 66 valence electrons. The minimum absolute atomic E-state index is 0.203. The lowest BCUT2D eigenvalue weighted by molar-refractivity contribution is 1.06. The van der Waals surface area contributed by atoms with E-state index in [-0.39, 0.29) is 11.5 Å². The fourth-order valence-electron chi connectivity index (χ4n) is 1.06. The van der Waals surface area contributed by atoms with Gasteiger partial charge in [0.15, 0.2) is 0 Å². The van der Waals surface area contributed by atoms with Crippen LogP contribution in [0.2, 0.25) is 0 Å². The molecule has 0 fully saturated rings. The Balaban J connectivity index is 3.03. The van der Waals surface area contributed by atoms with Crippen molar-refractivity contribution in [1.82, 2.24) is 15.0 Å². The van der Waals surface area contributed by atoms with E-state index in [0.29, 0.717) is 5.39 Å². The highest BCUT2D eigenvalue weighted by Crippen LogP contribution is 2.03. The van der Waals surface area contributed by atoms with E-state index < -0.39 is 11.2 Å². The third-order valence-corrected chi connectivity index (χ3v) is 1.62. The van der Waals surface area contributed by atoms with Gasteiger partial charge in [-0.2, -0.15) is 0 Å². The van der Waals surface area contributed by atoms with Crippen molar-refractivity contribution in [2.24, 2.45) is 0 Å². The lowest BCUT2D eigenvalue weighted by Crippen LogP contribution is -2.22. The molecule has 2 heterocycles. The average Bonchev–Trinajstić information content (AvgIpc) is 2.02. The fraction of sp³-hybridized carbons (Fsp3) is 0. The molecule has 13 heavy (non-hydrogen) atoms. The molecule has 0 saturated carbocycles. The van der Waals surface area contributed by atoms with Gasteiger partial charge >= 0.3 is 5.69 Å². The van der Waals surface area contributed by atoms with E-state index in [9.17, 15) is 9.59 Å². The molecule has 0 unspecified atom stereocenters. The maximum absolute atomic E-state index is 11.2. The highest BCUT2D eigenvalue weighted by atomic mass is 16.2. The molecular formula is C7H6N4O2. The Kier molecular flexibility index (Phi) is 1.42. The predicted molar refractivity (Wildman–Crippen MR) is 47.4 cm³/mol. The minimum Gasteiger partial charge on any atom is -0.384 e. The van der Waals surface area contributed by atoms with Crippen LogP contribution in [-0.4, -0.2) is 15.0 Å². The van der Waals surface area contributed by atoms with E-state index in [4.69, 9.17) is 5.73 Å². The molecule has 0 amide bonds. The quantitative estimate of drug-likeness (QED) is 0.490. The molecular weight excluding hydrogens is 172 g/mol. The van der Waals surface area contributed by atoms with E-state index >= 15 is 0 Å². The summed E-state index contributed by atoms with van der Waals surface area (Å²) in [5, 5.41) is 0.314. The Bertz CT molecular complexity index is 568. The van der Waals surface area contributed by atoms with Crippen LogP contribution in [0.25, 0.3) is 11.0 Å². The highest BCUT2D eigenvalue weighted by molar-refractivity contribution is 5.74. The van der Waals surface area contributed by atoms with Gasteiger partial charge in [-0.25, -0.2) is 9.78 Å². The van der Waals surface area contributed by atoms with Crippen LogP contribution >= 0.6 is 0 Å². The number of nitrogens with zero attached hydrogens (tertiary/aromatic N) is 1. The van der Waals surface area contributed by atoms with Gasteiger partial charge in [0.05, 0.1) is 5.39 Å². The topological polar surface area (TPSA) is 105 Å². The van der Waals surface area contributed by atoms with E-state index in [1.54, 1.807) is 0 Å². The molecule has 0 aliphatic heterocycles. The molecule has 0 aromatic carbocycles. The number of anilines is 1. The number of nitrogens with two attached hydrogens (primary N) is 1. The van der Waals surface area contributed by atoms with E-state index in [2.05, 4.69) is 15.0 Å². The Morgan fingerprint density at radius 1 is 1.23 bits per heavy atom. The molecule has 0 aliphatic rings. The van der Waals surface area contributed by atoms with Crippen molar-refractivity contribution in [3.8, 4) is 0 Å². The fourth-order valence-corrected chi connectivity index (χ4v) is 1.06. The van der Waals surface area contributed by atoms with Crippen molar-refractivity contribution >= 4 is 16.9 Å².